The Hall–Kier alpha value is -4.24. The van der Waals surface area contributed by atoms with Crippen LogP contribution in [0.15, 0.2) is 42.5 Å². The zero-order chi connectivity index (χ0) is 23.8. The maximum absolute atomic E-state index is 12.5. The Bertz CT molecular complexity index is 1110. The molecule has 33 heavy (non-hydrogen) atoms. The lowest BCUT2D eigenvalue weighted by Crippen LogP contribution is -2.37. The second-order valence-corrected chi connectivity index (χ2v) is 7.69. The summed E-state index contributed by atoms with van der Waals surface area (Å²) < 4.78 is 10.5. The van der Waals surface area contributed by atoms with Gasteiger partial charge in [0.2, 0.25) is 0 Å². The van der Waals surface area contributed by atoms with E-state index < -0.39 is 23.8 Å². The van der Waals surface area contributed by atoms with E-state index in [-0.39, 0.29) is 6.42 Å². The molecule has 1 aliphatic carbocycles. The van der Waals surface area contributed by atoms with Crippen molar-refractivity contribution < 1.29 is 19.1 Å². The van der Waals surface area contributed by atoms with Gasteiger partial charge in [-0.25, -0.2) is 9.59 Å². The van der Waals surface area contributed by atoms with Gasteiger partial charge in [-0.15, -0.1) is 0 Å². The highest BCUT2D eigenvalue weighted by molar-refractivity contribution is 6.00. The minimum atomic E-state index is -0.555. The molecule has 3 rings (SSSR count). The molecule has 2 aromatic rings. The van der Waals surface area contributed by atoms with Gasteiger partial charge in [0.05, 0.1) is 30.7 Å². The Morgan fingerprint density at radius 3 is 2.45 bits per heavy atom. The summed E-state index contributed by atoms with van der Waals surface area (Å²) in [6.07, 6.45) is 1.21. The molecule has 0 radical (unpaired) electrons. The van der Waals surface area contributed by atoms with Gasteiger partial charge in [0, 0.05) is 17.4 Å². The predicted octanol–water partition coefficient (Wildman–Crippen LogP) is 4.62. The number of amides is 3. The van der Waals surface area contributed by atoms with Gasteiger partial charge in [-0.05, 0) is 49.1 Å². The molecule has 3 N–H and O–H groups in total. The molecule has 0 spiro atoms. The molecular weight excluding hydrogens is 422 g/mol. The van der Waals surface area contributed by atoms with Crippen LogP contribution in [0.4, 0.5) is 21.0 Å². The Morgan fingerprint density at radius 2 is 1.85 bits per heavy atom. The van der Waals surface area contributed by atoms with E-state index >= 15 is 0 Å². The second-order valence-electron chi connectivity index (χ2n) is 7.69. The van der Waals surface area contributed by atoms with Crippen molar-refractivity contribution in [2.24, 2.45) is 0 Å². The maximum Gasteiger partial charge on any atom is 0.408 e. The summed E-state index contributed by atoms with van der Waals surface area (Å²) in [4.78, 5) is 24.8. The molecule has 1 unspecified atom stereocenters. The average molecular weight is 447 g/mol. The molecule has 0 saturated heterocycles. The van der Waals surface area contributed by atoms with Crippen LogP contribution < -0.4 is 20.7 Å². The number of rotatable bonds is 8. The number of methoxy groups -OCH3 is 1. The van der Waals surface area contributed by atoms with E-state index in [1.165, 1.54) is 7.11 Å². The summed E-state index contributed by atoms with van der Waals surface area (Å²) in [6, 6.07) is 15.6. The Labute approximate surface area is 192 Å². The summed E-state index contributed by atoms with van der Waals surface area (Å²) in [5.74, 6) is 0.367. The number of nitrogens with zero attached hydrogens (tertiary/aromatic N) is 2. The van der Waals surface area contributed by atoms with Gasteiger partial charge >= 0.3 is 12.1 Å². The highest BCUT2D eigenvalue weighted by Gasteiger charge is 2.46. The van der Waals surface area contributed by atoms with E-state index in [0.717, 1.165) is 18.4 Å². The molecule has 0 aliphatic heterocycles. The van der Waals surface area contributed by atoms with E-state index in [9.17, 15) is 9.59 Å². The van der Waals surface area contributed by atoms with Crippen LogP contribution in [0.25, 0.3) is 0 Å². The van der Waals surface area contributed by atoms with Gasteiger partial charge in [-0.1, -0.05) is 19.1 Å². The molecule has 1 aliphatic rings. The normalized spacial score (nSPS) is 14.1. The van der Waals surface area contributed by atoms with Crippen LogP contribution in [0.2, 0.25) is 0 Å². The highest BCUT2D eigenvalue weighted by Crippen LogP contribution is 2.46. The van der Waals surface area contributed by atoms with Crippen LogP contribution in [0.3, 0.4) is 0 Å². The summed E-state index contributed by atoms with van der Waals surface area (Å²) in [7, 11) is 1.45. The quantitative estimate of drug-likeness (QED) is 0.540. The third-order valence-electron chi connectivity index (χ3n) is 5.39. The molecule has 0 bridgehead atoms. The van der Waals surface area contributed by atoms with Gasteiger partial charge < -0.3 is 25.4 Å². The Morgan fingerprint density at radius 1 is 1.12 bits per heavy atom. The first-order valence-corrected chi connectivity index (χ1v) is 10.6. The monoisotopic (exact) mass is 447 g/mol. The smallest absolute Gasteiger partial charge is 0.408 e. The van der Waals surface area contributed by atoms with E-state index in [0.29, 0.717) is 29.1 Å². The third-order valence-corrected chi connectivity index (χ3v) is 5.39. The number of nitrogens with one attached hydrogen (secondary N) is 3. The molecule has 2 aromatic carbocycles. The van der Waals surface area contributed by atoms with Crippen molar-refractivity contribution >= 4 is 23.5 Å². The van der Waals surface area contributed by atoms with Gasteiger partial charge in [-0.2, -0.15) is 10.5 Å². The first-order chi connectivity index (χ1) is 15.9. The summed E-state index contributed by atoms with van der Waals surface area (Å²) >= 11 is 0. The van der Waals surface area contributed by atoms with Crippen molar-refractivity contribution in [3.8, 4) is 17.9 Å². The van der Waals surface area contributed by atoms with Gasteiger partial charge in [0.1, 0.15) is 17.9 Å². The number of carbonyl (C=O) groups is 2. The van der Waals surface area contributed by atoms with Crippen molar-refractivity contribution in [3.63, 3.8) is 0 Å². The number of hydrogen-bond donors (Lipinski definition) is 3. The molecule has 1 fully saturated rings. The topological polar surface area (TPSA) is 136 Å². The number of anilines is 2. The van der Waals surface area contributed by atoms with Crippen LogP contribution in [-0.2, 0) is 10.3 Å². The molecule has 170 valence electrons. The zero-order valence-electron chi connectivity index (χ0n) is 18.5. The number of benzene rings is 2. The number of ether oxygens (including phenoxy) is 2. The summed E-state index contributed by atoms with van der Waals surface area (Å²) in [5.41, 5.74) is 1.71. The number of alkyl carbamates (subject to hydrolysis) is 1. The summed E-state index contributed by atoms with van der Waals surface area (Å²) in [6.45, 7) is 1.86. The van der Waals surface area contributed by atoms with Gasteiger partial charge in [0.25, 0.3) is 0 Å². The first kappa shape index (κ1) is 23.4. The molecule has 1 atom stereocenters. The number of carbonyl (C=O) groups excluding carboxylic acids is 2. The maximum atomic E-state index is 12.5. The SMILES string of the molecule is CCC(CC#N)OC(=O)NC1(c2cccc(NC(=O)Nc3ccc(C#N)c(OC)c3)c2)CC1. The zero-order valence-corrected chi connectivity index (χ0v) is 18.5. The van der Waals surface area contributed by atoms with Crippen LogP contribution in [0.5, 0.6) is 5.75 Å². The molecule has 3 amide bonds. The second kappa shape index (κ2) is 10.4. The molecule has 0 heterocycles. The lowest BCUT2D eigenvalue weighted by molar-refractivity contribution is 0.0933. The highest BCUT2D eigenvalue weighted by atomic mass is 16.6. The molecule has 9 nitrogen and oxygen atoms in total. The predicted molar refractivity (Wildman–Crippen MR) is 122 cm³/mol. The fraction of sp³-hybridized carbons (Fsp3) is 0.333. The van der Waals surface area contributed by atoms with Crippen LogP contribution in [-0.4, -0.2) is 25.3 Å². The van der Waals surface area contributed by atoms with E-state index in [1.54, 1.807) is 36.4 Å². The van der Waals surface area contributed by atoms with Crippen LogP contribution in [0, 0.1) is 22.7 Å². The molecule has 0 aromatic heterocycles. The van der Waals surface area contributed by atoms with Crippen LogP contribution >= 0.6 is 0 Å². The first-order valence-electron chi connectivity index (χ1n) is 10.6. The van der Waals surface area contributed by atoms with Crippen molar-refractivity contribution in [3.05, 3.63) is 53.6 Å². The van der Waals surface area contributed by atoms with E-state index in [1.807, 2.05) is 25.1 Å². The number of nitriles is 2. The van der Waals surface area contributed by atoms with Gasteiger partial charge in [-0.3, -0.25) is 0 Å². The number of hydrogen-bond acceptors (Lipinski definition) is 6. The van der Waals surface area contributed by atoms with Crippen molar-refractivity contribution in [2.45, 2.75) is 44.2 Å². The largest absolute Gasteiger partial charge is 0.495 e. The van der Waals surface area contributed by atoms with Crippen molar-refractivity contribution in [2.75, 3.05) is 17.7 Å². The minimum absolute atomic E-state index is 0.149. The minimum Gasteiger partial charge on any atom is -0.495 e. The molecule has 9 heteroatoms. The fourth-order valence-corrected chi connectivity index (χ4v) is 3.41. The lowest BCUT2D eigenvalue weighted by atomic mass is 10.0. The Kier molecular flexibility index (Phi) is 7.37. The lowest BCUT2D eigenvalue weighted by Gasteiger charge is -2.21. The van der Waals surface area contributed by atoms with Crippen molar-refractivity contribution in [1.82, 2.24) is 5.32 Å². The molecule has 1 saturated carbocycles. The summed E-state index contributed by atoms with van der Waals surface area (Å²) in [5, 5.41) is 26.3. The van der Waals surface area contributed by atoms with Gasteiger partial charge in [0.15, 0.2) is 0 Å². The van der Waals surface area contributed by atoms with E-state index in [2.05, 4.69) is 16.0 Å². The fourth-order valence-electron chi connectivity index (χ4n) is 3.41. The standard InChI is InChI=1S/C24H25N5O4/c1-3-20(9-12-25)33-23(31)29-24(10-11-24)17-5-4-6-18(13-17)27-22(30)28-19-8-7-16(15-26)21(14-19)32-2/h4-8,13-14,20H,3,9-11H2,1-2H3,(H,29,31)(H2,27,28,30). The van der Waals surface area contributed by atoms with Crippen molar-refractivity contribution in [1.29, 1.82) is 10.5 Å². The Balaban J connectivity index is 1.64. The molecular formula is C24H25N5O4. The third kappa shape index (κ3) is 5.92. The average Bonchev–Trinajstić information content (AvgIpc) is 3.59. The number of urea groups is 1. The van der Waals surface area contributed by atoms with E-state index in [4.69, 9.17) is 20.0 Å². The van der Waals surface area contributed by atoms with Crippen LogP contribution in [0.1, 0.15) is 43.7 Å².